The van der Waals surface area contributed by atoms with Crippen LogP contribution < -0.4 is 15.4 Å². The topological polar surface area (TPSA) is 53.6 Å². The summed E-state index contributed by atoms with van der Waals surface area (Å²) in [5, 5.41) is 6.15. The highest BCUT2D eigenvalue weighted by Gasteiger charge is 2.15. The van der Waals surface area contributed by atoms with E-state index in [1.54, 1.807) is 26.0 Å². The quantitative estimate of drug-likeness (QED) is 0.811. The molecule has 5 nitrogen and oxygen atoms in total. The molecular weight excluding hydrogens is 340 g/mol. The van der Waals surface area contributed by atoms with Crippen LogP contribution in [-0.4, -0.2) is 56.7 Å². The van der Waals surface area contributed by atoms with Crippen molar-refractivity contribution >= 4 is 18.3 Å². The van der Waals surface area contributed by atoms with Gasteiger partial charge in [0, 0.05) is 44.8 Å². The first-order valence-electron chi connectivity index (χ1n) is 7.74. The molecule has 1 aliphatic heterocycles. The van der Waals surface area contributed by atoms with Crippen molar-refractivity contribution in [2.24, 2.45) is 0 Å². The lowest BCUT2D eigenvalue weighted by atomic mass is 10.1. The monoisotopic (exact) mass is 363 g/mol. The number of nitrogens with zero attached hydrogens (tertiary/aromatic N) is 1. The Labute approximate surface area is 147 Å². The van der Waals surface area contributed by atoms with E-state index in [-0.39, 0.29) is 24.1 Å². The molecule has 0 bridgehead atoms. The highest BCUT2D eigenvalue weighted by Crippen LogP contribution is 2.26. The number of hydrogen-bond acceptors (Lipinski definition) is 4. The molecule has 1 aliphatic rings. The standard InChI is InChI=1S/C16H23F2N3O2.ClH/c1-11-9-13(10-12(2)14(11)23-16(17)18)15(22)20-5-8-21-6-3-19-4-7-21;/h9-10,16,19H,3-8H2,1-2H3,(H,20,22);1H. The zero-order chi connectivity index (χ0) is 16.8. The zero-order valence-corrected chi connectivity index (χ0v) is 14.7. The number of benzene rings is 1. The van der Waals surface area contributed by atoms with Crippen molar-refractivity contribution in [3.8, 4) is 5.75 Å². The van der Waals surface area contributed by atoms with Gasteiger partial charge in [0.15, 0.2) is 0 Å². The van der Waals surface area contributed by atoms with Gasteiger partial charge in [-0.2, -0.15) is 8.78 Å². The third-order valence-electron chi connectivity index (χ3n) is 3.85. The van der Waals surface area contributed by atoms with Crippen LogP contribution in [-0.2, 0) is 0 Å². The number of amides is 1. The second kappa shape index (κ2) is 9.76. The molecule has 0 unspecified atom stereocenters. The van der Waals surface area contributed by atoms with Gasteiger partial charge in [0.25, 0.3) is 5.91 Å². The summed E-state index contributed by atoms with van der Waals surface area (Å²) in [6.07, 6.45) is 0. The Kier molecular flexibility index (Phi) is 8.38. The van der Waals surface area contributed by atoms with Crippen molar-refractivity contribution in [2.75, 3.05) is 39.3 Å². The van der Waals surface area contributed by atoms with Gasteiger partial charge in [-0.1, -0.05) is 0 Å². The summed E-state index contributed by atoms with van der Waals surface area (Å²) in [5.74, 6) is -0.0627. The lowest BCUT2D eigenvalue weighted by Crippen LogP contribution is -2.46. The van der Waals surface area contributed by atoms with E-state index >= 15 is 0 Å². The van der Waals surface area contributed by atoms with Crippen LogP contribution >= 0.6 is 12.4 Å². The Morgan fingerprint density at radius 2 is 1.88 bits per heavy atom. The number of alkyl halides is 2. The number of halogens is 3. The van der Waals surface area contributed by atoms with Gasteiger partial charge in [-0.25, -0.2) is 0 Å². The van der Waals surface area contributed by atoms with E-state index in [0.717, 1.165) is 32.7 Å². The minimum absolute atomic E-state index is 0. The Morgan fingerprint density at radius 1 is 1.29 bits per heavy atom. The number of carbonyl (C=O) groups excluding carboxylic acids is 1. The molecule has 0 saturated carbocycles. The maximum absolute atomic E-state index is 12.4. The molecule has 0 aromatic heterocycles. The van der Waals surface area contributed by atoms with E-state index in [1.807, 2.05) is 0 Å². The molecule has 24 heavy (non-hydrogen) atoms. The van der Waals surface area contributed by atoms with Crippen molar-refractivity contribution in [3.05, 3.63) is 28.8 Å². The molecule has 0 spiro atoms. The molecule has 1 heterocycles. The minimum atomic E-state index is -2.87. The Bertz CT molecular complexity index is 529. The maximum Gasteiger partial charge on any atom is 0.387 e. The molecule has 0 aliphatic carbocycles. The van der Waals surface area contributed by atoms with E-state index in [4.69, 9.17) is 0 Å². The molecule has 1 saturated heterocycles. The summed E-state index contributed by atoms with van der Waals surface area (Å²) < 4.78 is 29.2. The Morgan fingerprint density at radius 3 is 2.42 bits per heavy atom. The van der Waals surface area contributed by atoms with Crippen molar-refractivity contribution in [2.45, 2.75) is 20.5 Å². The molecule has 2 N–H and O–H groups in total. The fourth-order valence-corrected chi connectivity index (χ4v) is 2.72. The predicted molar refractivity (Wildman–Crippen MR) is 91.4 cm³/mol. The summed E-state index contributed by atoms with van der Waals surface area (Å²) in [7, 11) is 0. The van der Waals surface area contributed by atoms with Crippen LogP contribution in [0, 0.1) is 13.8 Å². The van der Waals surface area contributed by atoms with Crippen molar-refractivity contribution in [1.82, 2.24) is 15.5 Å². The second-order valence-electron chi connectivity index (χ2n) is 5.67. The predicted octanol–water partition coefficient (Wildman–Crippen LogP) is 1.96. The van der Waals surface area contributed by atoms with Gasteiger partial charge in [-0.15, -0.1) is 12.4 Å². The second-order valence-corrected chi connectivity index (χ2v) is 5.67. The molecule has 136 valence electrons. The number of nitrogens with one attached hydrogen (secondary N) is 2. The summed E-state index contributed by atoms with van der Waals surface area (Å²) in [5.41, 5.74) is 1.51. The Hall–Kier alpha value is -1.44. The lowest BCUT2D eigenvalue weighted by Gasteiger charge is -2.27. The summed E-state index contributed by atoms with van der Waals surface area (Å²) in [6.45, 7) is 5.71. The number of hydrogen-bond donors (Lipinski definition) is 2. The number of piperazine rings is 1. The van der Waals surface area contributed by atoms with Gasteiger partial charge in [0.1, 0.15) is 5.75 Å². The minimum Gasteiger partial charge on any atom is -0.434 e. The van der Waals surface area contributed by atoms with Crippen LogP contribution in [0.1, 0.15) is 21.5 Å². The maximum atomic E-state index is 12.4. The normalized spacial score (nSPS) is 15.0. The SMILES string of the molecule is Cc1cc(C(=O)NCCN2CCNCC2)cc(C)c1OC(F)F.Cl. The molecule has 1 fully saturated rings. The fraction of sp³-hybridized carbons (Fsp3) is 0.562. The van der Waals surface area contributed by atoms with Gasteiger partial charge in [0.2, 0.25) is 0 Å². The van der Waals surface area contributed by atoms with E-state index < -0.39 is 6.61 Å². The first-order chi connectivity index (χ1) is 11.0. The van der Waals surface area contributed by atoms with E-state index in [9.17, 15) is 13.6 Å². The average Bonchev–Trinajstić information content (AvgIpc) is 2.51. The summed E-state index contributed by atoms with van der Waals surface area (Å²) >= 11 is 0. The molecule has 0 radical (unpaired) electrons. The van der Waals surface area contributed by atoms with Gasteiger partial charge >= 0.3 is 6.61 Å². The third-order valence-corrected chi connectivity index (χ3v) is 3.85. The molecule has 0 atom stereocenters. The first kappa shape index (κ1) is 20.6. The third kappa shape index (κ3) is 5.89. The van der Waals surface area contributed by atoms with E-state index in [2.05, 4.69) is 20.3 Å². The van der Waals surface area contributed by atoms with Gasteiger partial charge in [0.05, 0.1) is 0 Å². The molecule has 8 heteroatoms. The molecule has 1 amide bonds. The van der Waals surface area contributed by atoms with Gasteiger partial charge in [-0.3, -0.25) is 9.69 Å². The molecule has 2 rings (SSSR count). The number of carbonyl (C=O) groups is 1. The van der Waals surface area contributed by atoms with Crippen molar-refractivity contribution < 1.29 is 18.3 Å². The first-order valence-corrected chi connectivity index (χ1v) is 7.74. The van der Waals surface area contributed by atoms with Crippen LogP contribution in [0.2, 0.25) is 0 Å². The fourth-order valence-electron chi connectivity index (χ4n) is 2.72. The van der Waals surface area contributed by atoms with Crippen molar-refractivity contribution in [1.29, 1.82) is 0 Å². The van der Waals surface area contributed by atoms with Crippen LogP contribution in [0.3, 0.4) is 0 Å². The zero-order valence-electron chi connectivity index (χ0n) is 13.9. The van der Waals surface area contributed by atoms with Crippen LogP contribution in [0.4, 0.5) is 8.78 Å². The summed E-state index contributed by atoms with van der Waals surface area (Å²) in [4.78, 5) is 14.5. The average molecular weight is 364 g/mol. The van der Waals surface area contributed by atoms with Gasteiger partial charge in [-0.05, 0) is 37.1 Å². The number of aryl methyl sites for hydroxylation is 2. The molecule has 1 aromatic carbocycles. The highest BCUT2D eigenvalue weighted by molar-refractivity contribution is 5.94. The molecular formula is C16H24ClF2N3O2. The number of rotatable bonds is 6. The Balaban J connectivity index is 0.00000288. The van der Waals surface area contributed by atoms with Crippen LogP contribution in [0.5, 0.6) is 5.75 Å². The smallest absolute Gasteiger partial charge is 0.387 e. The van der Waals surface area contributed by atoms with Crippen LogP contribution in [0.25, 0.3) is 0 Å². The molecule has 1 aromatic rings. The highest BCUT2D eigenvalue weighted by atomic mass is 35.5. The number of ether oxygens (including phenoxy) is 1. The van der Waals surface area contributed by atoms with E-state index in [0.29, 0.717) is 23.2 Å². The summed E-state index contributed by atoms with van der Waals surface area (Å²) in [6, 6.07) is 3.15. The van der Waals surface area contributed by atoms with E-state index in [1.165, 1.54) is 0 Å². The van der Waals surface area contributed by atoms with Crippen molar-refractivity contribution in [3.63, 3.8) is 0 Å². The van der Waals surface area contributed by atoms with Crippen LogP contribution in [0.15, 0.2) is 12.1 Å². The van der Waals surface area contributed by atoms with Gasteiger partial charge < -0.3 is 15.4 Å². The lowest BCUT2D eigenvalue weighted by molar-refractivity contribution is -0.0507. The largest absolute Gasteiger partial charge is 0.434 e.